The fourth-order valence-corrected chi connectivity index (χ4v) is 6.46. The molecule has 43 heavy (non-hydrogen) atoms. The molecule has 1 N–H and O–H groups in total. The number of rotatable bonds is 7. The van der Waals surface area contributed by atoms with Gasteiger partial charge in [-0.15, -0.1) is 0 Å². The SMILES string of the molecule is CCOc1ccc(-c2nc(C3(C)CCN(c4ncnc5c4C=C(c4ccc(N6CCOCC6)nc4)C5)CC3)[nH]c2C)cc1. The summed E-state index contributed by atoms with van der Waals surface area (Å²) in [4.78, 5) is 27.7. The van der Waals surface area contributed by atoms with E-state index < -0.39 is 0 Å². The lowest BCUT2D eigenvalue weighted by Crippen LogP contribution is -2.42. The predicted octanol–water partition coefficient (Wildman–Crippen LogP) is 5.46. The van der Waals surface area contributed by atoms with E-state index in [4.69, 9.17) is 24.4 Å². The Kier molecular flexibility index (Phi) is 7.34. The molecule has 0 unspecified atom stereocenters. The van der Waals surface area contributed by atoms with Gasteiger partial charge in [0.1, 0.15) is 29.5 Å². The maximum Gasteiger partial charge on any atom is 0.139 e. The third-order valence-corrected chi connectivity index (χ3v) is 9.14. The van der Waals surface area contributed by atoms with Gasteiger partial charge >= 0.3 is 0 Å². The third kappa shape index (κ3) is 5.38. The summed E-state index contributed by atoms with van der Waals surface area (Å²) in [6.07, 6.45) is 8.76. The van der Waals surface area contributed by atoms with Gasteiger partial charge in [0.25, 0.3) is 0 Å². The molecule has 2 fully saturated rings. The number of imidazole rings is 1. The van der Waals surface area contributed by atoms with E-state index >= 15 is 0 Å². The minimum atomic E-state index is -0.0319. The number of aromatic amines is 1. The number of benzene rings is 1. The molecular formula is C34H39N7O2. The number of anilines is 2. The summed E-state index contributed by atoms with van der Waals surface area (Å²) in [6.45, 7) is 12.2. The maximum atomic E-state index is 5.62. The Labute approximate surface area is 253 Å². The van der Waals surface area contributed by atoms with E-state index in [-0.39, 0.29) is 5.41 Å². The molecule has 0 atom stereocenters. The third-order valence-electron chi connectivity index (χ3n) is 9.14. The highest BCUT2D eigenvalue weighted by Crippen LogP contribution is 2.40. The van der Waals surface area contributed by atoms with Gasteiger partial charge in [0.2, 0.25) is 0 Å². The van der Waals surface area contributed by atoms with Gasteiger partial charge in [0, 0.05) is 61.0 Å². The summed E-state index contributed by atoms with van der Waals surface area (Å²) in [5.41, 5.74) is 7.81. The number of nitrogens with one attached hydrogen (secondary N) is 1. The van der Waals surface area contributed by atoms with Gasteiger partial charge in [-0.1, -0.05) is 6.92 Å². The van der Waals surface area contributed by atoms with Gasteiger partial charge in [-0.25, -0.2) is 19.9 Å². The molecule has 0 spiro atoms. The average Bonchev–Trinajstić information content (AvgIpc) is 3.67. The smallest absolute Gasteiger partial charge is 0.139 e. The van der Waals surface area contributed by atoms with Crippen LogP contribution in [0.2, 0.25) is 0 Å². The standard InChI is InChI=1S/C34H39N7O2/c1-4-43-27-8-5-24(6-9-27)31-23(2)38-33(39-31)34(3)11-13-41(14-12-34)32-28-19-26(20-29(28)36-22-37-32)25-7-10-30(35-21-25)40-15-17-42-18-16-40/h5-10,19,21-22H,4,11-18,20H2,1-3H3,(H,38,39). The van der Waals surface area contributed by atoms with Gasteiger partial charge in [0.15, 0.2) is 0 Å². The van der Waals surface area contributed by atoms with Gasteiger partial charge < -0.3 is 24.3 Å². The van der Waals surface area contributed by atoms with Crippen molar-refractivity contribution in [3.05, 3.63) is 77.3 Å². The van der Waals surface area contributed by atoms with Crippen molar-refractivity contribution >= 4 is 23.3 Å². The van der Waals surface area contributed by atoms with E-state index in [9.17, 15) is 0 Å². The van der Waals surface area contributed by atoms with Crippen LogP contribution in [-0.2, 0) is 16.6 Å². The average molecular weight is 578 g/mol. The molecule has 0 radical (unpaired) electrons. The van der Waals surface area contributed by atoms with Crippen LogP contribution < -0.4 is 14.5 Å². The van der Waals surface area contributed by atoms with Crippen molar-refractivity contribution < 1.29 is 9.47 Å². The molecule has 5 heterocycles. The number of aromatic nitrogens is 5. The molecule has 0 bridgehead atoms. The Hall–Kier alpha value is -4.24. The number of aryl methyl sites for hydroxylation is 1. The van der Waals surface area contributed by atoms with Gasteiger partial charge in [-0.3, -0.25) is 0 Å². The fourth-order valence-electron chi connectivity index (χ4n) is 6.46. The van der Waals surface area contributed by atoms with Crippen molar-refractivity contribution in [2.75, 3.05) is 55.8 Å². The Balaban J connectivity index is 1.05. The molecule has 1 aromatic carbocycles. The quantitative estimate of drug-likeness (QED) is 0.310. The first kappa shape index (κ1) is 27.6. The highest BCUT2D eigenvalue weighted by molar-refractivity contribution is 5.91. The fraction of sp³-hybridized carbons (Fsp3) is 0.412. The monoisotopic (exact) mass is 577 g/mol. The van der Waals surface area contributed by atoms with Crippen LogP contribution in [0.1, 0.15) is 55.0 Å². The highest BCUT2D eigenvalue weighted by Gasteiger charge is 2.36. The Bertz CT molecular complexity index is 1610. The normalized spacial score (nSPS) is 18.0. The Morgan fingerprint density at radius 1 is 0.930 bits per heavy atom. The van der Waals surface area contributed by atoms with Crippen molar-refractivity contribution in [3.63, 3.8) is 0 Å². The van der Waals surface area contributed by atoms with Gasteiger partial charge in [-0.05, 0) is 80.3 Å². The first-order chi connectivity index (χ1) is 21.0. The van der Waals surface area contributed by atoms with Crippen LogP contribution in [0, 0.1) is 6.92 Å². The minimum absolute atomic E-state index is 0.0319. The summed E-state index contributed by atoms with van der Waals surface area (Å²) in [5, 5.41) is 0. The molecule has 222 valence electrons. The second-order valence-corrected chi connectivity index (χ2v) is 12.0. The number of piperidine rings is 1. The lowest BCUT2D eigenvalue weighted by Gasteiger charge is -2.39. The van der Waals surface area contributed by atoms with Crippen molar-refractivity contribution in [1.82, 2.24) is 24.9 Å². The predicted molar refractivity (Wildman–Crippen MR) is 170 cm³/mol. The van der Waals surface area contributed by atoms with Crippen LogP contribution in [0.3, 0.4) is 0 Å². The maximum absolute atomic E-state index is 5.62. The number of ether oxygens (including phenoxy) is 2. The number of morpholine rings is 1. The summed E-state index contributed by atoms with van der Waals surface area (Å²) in [5.74, 6) is 4.00. The number of hydrogen-bond donors (Lipinski definition) is 1. The van der Waals surface area contributed by atoms with E-state index in [1.54, 1.807) is 6.33 Å². The minimum Gasteiger partial charge on any atom is -0.494 e. The summed E-state index contributed by atoms with van der Waals surface area (Å²) >= 11 is 0. The van der Waals surface area contributed by atoms with Crippen LogP contribution in [0.5, 0.6) is 5.75 Å². The van der Waals surface area contributed by atoms with E-state index in [1.807, 2.05) is 25.3 Å². The van der Waals surface area contributed by atoms with Crippen LogP contribution in [0.4, 0.5) is 11.6 Å². The molecular weight excluding hydrogens is 538 g/mol. The number of pyridine rings is 1. The van der Waals surface area contributed by atoms with Crippen molar-refractivity contribution in [3.8, 4) is 17.0 Å². The van der Waals surface area contributed by atoms with E-state index in [2.05, 4.69) is 64.0 Å². The van der Waals surface area contributed by atoms with Gasteiger partial charge in [0.05, 0.1) is 31.2 Å². The number of hydrogen-bond acceptors (Lipinski definition) is 8. The first-order valence-electron chi connectivity index (χ1n) is 15.4. The molecule has 1 aliphatic carbocycles. The molecule has 7 rings (SSSR count). The number of allylic oxidation sites excluding steroid dienone is 1. The molecule has 3 aliphatic rings. The largest absolute Gasteiger partial charge is 0.494 e. The molecule has 2 saturated heterocycles. The number of nitrogens with zero attached hydrogens (tertiary/aromatic N) is 6. The zero-order chi connectivity index (χ0) is 29.4. The molecule has 9 nitrogen and oxygen atoms in total. The number of fused-ring (bicyclic) bond motifs is 1. The lowest BCUT2D eigenvalue weighted by molar-refractivity contribution is 0.122. The second kappa shape index (κ2) is 11.4. The van der Waals surface area contributed by atoms with Crippen molar-refractivity contribution in [1.29, 1.82) is 0 Å². The van der Waals surface area contributed by atoms with Crippen molar-refractivity contribution in [2.24, 2.45) is 0 Å². The zero-order valence-corrected chi connectivity index (χ0v) is 25.3. The number of H-pyrrole nitrogens is 1. The summed E-state index contributed by atoms with van der Waals surface area (Å²) in [7, 11) is 0. The molecule has 0 amide bonds. The molecule has 4 aromatic rings. The Morgan fingerprint density at radius 3 is 2.42 bits per heavy atom. The molecule has 2 aliphatic heterocycles. The van der Waals surface area contributed by atoms with Crippen LogP contribution in [0.25, 0.3) is 22.9 Å². The Morgan fingerprint density at radius 2 is 1.70 bits per heavy atom. The molecule has 0 saturated carbocycles. The summed E-state index contributed by atoms with van der Waals surface area (Å²) in [6, 6.07) is 12.5. The van der Waals surface area contributed by atoms with E-state index in [0.717, 1.165) is 116 Å². The first-order valence-corrected chi connectivity index (χ1v) is 15.4. The lowest BCUT2D eigenvalue weighted by atomic mass is 9.79. The molecule has 3 aromatic heterocycles. The van der Waals surface area contributed by atoms with E-state index in [1.165, 1.54) is 5.57 Å². The van der Waals surface area contributed by atoms with E-state index in [0.29, 0.717) is 6.61 Å². The second-order valence-electron chi connectivity index (χ2n) is 12.0. The highest BCUT2D eigenvalue weighted by atomic mass is 16.5. The summed E-state index contributed by atoms with van der Waals surface area (Å²) < 4.78 is 11.1. The van der Waals surface area contributed by atoms with Crippen LogP contribution in [0.15, 0.2) is 48.9 Å². The topological polar surface area (TPSA) is 92.3 Å². The van der Waals surface area contributed by atoms with Crippen LogP contribution >= 0.6 is 0 Å². The molecule has 9 heteroatoms. The van der Waals surface area contributed by atoms with Crippen LogP contribution in [-0.4, -0.2) is 70.9 Å². The zero-order valence-electron chi connectivity index (χ0n) is 25.3. The van der Waals surface area contributed by atoms with Gasteiger partial charge in [-0.2, -0.15) is 0 Å². The van der Waals surface area contributed by atoms with Crippen molar-refractivity contribution in [2.45, 2.75) is 45.4 Å².